The maximum absolute atomic E-state index is 12.2. The highest BCUT2D eigenvalue weighted by Crippen LogP contribution is 2.25. The molecule has 1 amide bonds. The van der Waals surface area contributed by atoms with Crippen LogP contribution in [0.5, 0.6) is 5.75 Å². The first-order valence-corrected chi connectivity index (χ1v) is 8.72. The minimum absolute atomic E-state index is 0.0322. The van der Waals surface area contributed by atoms with Crippen LogP contribution in [0.15, 0.2) is 60.8 Å². The lowest BCUT2D eigenvalue weighted by atomic mass is 10.2. The molecular weight excluding hydrogens is 352 g/mol. The zero-order valence-corrected chi connectivity index (χ0v) is 14.7. The molecule has 132 valence electrons. The number of rotatable bonds is 4. The lowest BCUT2D eigenvalue weighted by Gasteiger charge is -2.32. The number of benzene rings is 2. The summed E-state index contributed by atoms with van der Waals surface area (Å²) in [5.74, 6) is 0.636. The van der Waals surface area contributed by atoms with Gasteiger partial charge in [-0.25, -0.2) is 0 Å². The summed E-state index contributed by atoms with van der Waals surface area (Å²) >= 11 is 5.93. The van der Waals surface area contributed by atoms with Crippen molar-refractivity contribution in [2.24, 2.45) is 0 Å². The molecule has 0 N–H and O–H groups in total. The van der Waals surface area contributed by atoms with E-state index in [9.17, 15) is 4.79 Å². The van der Waals surface area contributed by atoms with Crippen molar-refractivity contribution in [1.82, 2.24) is 4.98 Å². The smallest absolute Gasteiger partial charge is 0.253 e. The summed E-state index contributed by atoms with van der Waals surface area (Å²) in [7, 11) is 0. The van der Waals surface area contributed by atoms with Crippen molar-refractivity contribution < 1.29 is 14.3 Å². The number of carbonyl (C=O) groups excluding carboxylic acids is 1. The number of hydrogen-bond acceptors (Lipinski definition) is 4. The van der Waals surface area contributed by atoms with E-state index in [1.54, 1.807) is 23.2 Å². The highest BCUT2D eigenvalue weighted by molar-refractivity contribution is 6.30. The molecule has 0 unspecified atom stereocenters. The molecule has 2 heterocycles. The Morgan fingerprint density at radius 2 is 1.96 bits per heavy atom. The molecule has 1 fully saturated rings. The number of ether oxygens (including phenoxy) is 2. The van der Waals surface area contributed by atoms with Crippen LogP contribution in [-0.2, 0) is 9.53 Å². The maximum Gasteiger partial charge on any atom is 0.253 e. The Labute approximate surface area is 156 Å². The maximum atomic E-state index is 12.2. The summed E-state index contributed by atoms with van der Waals surface area (Å²) in [6.45, 7) is 0.802. The fraction of sp³-hybridized carbons (Fsp3) is 0.200. The average Bonchev–Trinajstić information content (AvgIpc) is 2.68. The SMILES string of the molecule is O=C1CO[C@H](COc2cccc3cccnc23)CN1c1ccc(Cl)cc1. The van der Waals surface area contributed by atoms with Crippen molar-refractivity contribution in [2.75, 3.05) is 24.7 Å². The number of hydrogen-bond donors (Lipinski definition) is 0. The molecule has 26 heavy (non-hydrogen) atoms. The van der Waals surface area contributed by atoms with Gasteiger partial charge in [0.15, 0.2) is 0 Å². The Bertz CT molecular complexity index is 924. The van der Waals surface area contributed by atoms with Crippen LogP contribution in [0.2, 0.25) is 5.02 Å². The van der Waals surface area contributed by atoms with Crippen molar-refractivity contribution in [1.29, 1.82) is 0 Å². The molecule has 0 bridgehead atoms. The molecule has 3 aromatic rings. The molecule has 0 aliphatic carbocycles. The normalized spacial score (nSPS) is 17.5. The summed E-state index contributed by atoms with van der Waals surface area (Å²) in [5, 5.41) is 1.66. The molecule has 5 nitrogen and oxygen atoms in total. The van der Waals surface area contributed by atoms with Gasteiger partial charge in [0.2, 0.25) is 0 Å². The molecule has 1 aliphatic rings. The molecule has 4 rings (SSSR count). The third kappa shape index (κ3) is 3.49. The van der Waals surface area contributed by atoms with E-state index < -0.39 is 0 Å². The molecule has 0 radical (unpaired) electrons. The minimum atomic E-state index is -0.220. The molecule has 1 saturated heterocycles. The number of morpholine rings is 1. The summed E-state index contributed by atoms with van der Waals surface area (Å²) in [4.78, 5) is 18.3. The number of aromatic nitrogens is 1. The van der Waals surface area contributed by atoms with E-state index in [4.69, 9.17) is 21.1 Å². The third-order valence-corrected chi connectivity index (χ3v) is 4.54. The standard InChI is InChI=1S/C20H17ClN2O3/c21-15-6-8-16(9-7-15)23-11-17(25-13-19(23)24)12-26-18-5-1-3-14-4-2-10-22-20(14)18/h1-10,17H,11-13H2/t17-/m0/s1. The van der Waals surface area contributed by atoms with Crippen LogP contribution in [0.4, 0.5) is 5.69 Å². The van der Waals surface area contributed by atoms with Crippen LogP contribution in [-0.4, -0.2) is 36.8 Å². The van der Waals surface area contributed by atoms with E-state index in [0.29, 0.717) is 23.9 Å². The highest BCUT2D eigenvalue weighted by atomic mass is 35.5. The number of halogens is 1. The van der Waals surface area contributed by atoms with E-state index >= 15 is 0 Å². The molecule has 6 heteroatoms. The second kappa shape index (κ2) is 7.32. The number of amides is 1. The molecule has 0 saturated carbocycles. The lowest BCUT2D eigenvalue weighted by molar-refractivity contribution is -0.130. The first-order valence-electron chi connectivity index (χ1n) is 8.35. The highest BCUT2D eigenvalue weighted by Gasteiger charge is 2.28. The van der Waals surface area contributed by atoms with Gasteiger partial charge in [-0.2, -0.15) is 0 Å². The van der Waals surface area contributed by atoms with Crippen molar-refractivity contribution in [3.05, 3.63) is 65.8 Å². The van der Waals surface area contributed by atoms with Crippen molar-refractivity contribution in [3.8, 4) is 5.75 Å². The van der Waals surface area contributed by atoms with Crippen LogP contribution in [0.25, 0.3) is 10.9 Å². The van der Waals surface area contributed by atoms with Gasteiger partial charge in [-0.1, -0.05) is 29.8 Å². The third-order valence-electron chi connectivity index (χ3n) is 4.29. The van der Waals surface area contributed by atoms with Gasteiger partial charge < -0.3 is 14.4 Å². The molecule has 1 aliphatic heterocycles. The predicted molar refractivity (Wildman–Crippen MR) is 101 cm³/mol. The van der Waals surface area contributed by atoms with Gasteiger partial charge in [-0.3, -0.25) is 9.78 Å². The van der Waals surface area contributed by atoms with E-state index in [-0.39, 0.29) is 18.6 Å². The minimum Gasteiger partial charge on any atom is -0.489 e. The van der Waals surface area contributed by atoms with Crippen LogP contribution in [0.1, 0.15) is 0 Å². The van der Waals surface area contributed by atoms with Gasteiger partial charge in [0, 0.05) is 22.3 Å². The average molecular weight is 369 g/mol. The fourth-order valence-corrected chi connectivity index (χ4v) is 3.10. The number of fused-ring (bicyclic) bond motifs is 1. The van der Waals surface area contributed by atoms with Crippen LogP contribution in [0, 0.1) is 0 Å². The number of anilines is 1. The summed E-state index contributed by atoms with van der Waals surface area (Å²) < 4.78 is 11.6. The predicted octanol–water partition coefficient (Wildman–Crippen LogP) is 3.70. The molecule has 1 aromatic heterocycles. The molecular formula is C20H17ClN2O3. The summed E-state index contributed by atoms with van der Waals surface area (Å²) in [5.41, 5.74) is 1.62. The Morgan fingerprint density at radius 3 is 2.81 bits per heavy atom. The largest absolute Gasteiger partial charge is 0.489 e. The molecule has 0 spiro atoms. The fourth-order valence-electron chi connectivity index (χ4n) is 2.97. The molecule has 1 atom stereocenters. The number of carbonyl (C=O) groups is 1. The van der Waals surface area contributed by atoms with E-state index in [2.05, 4.69) is 4.98 Å². The Hall–Kier alpha value is -2.63. The van der Waals surface area contributed by atoms with Gasteiger partial charge >= 0.3 is 0 Å². The van der Waals surface area contributed by atoms with Gasteiger partial charge in [0.05, 0.1) is 6.54 Å². The zero-order chi connectivity index (χ0) is 17.9. The van der Waals surface area contributed by atoms with Gasteiger partial charge in [0.25, 0.3) is 5.91 Å². The summed E-state index contributed by atoms with van der Waals surface area (Å²) in [6, 6.07) is 16.9. The van der Waals surface area contributed by atoms with Gasteiger partial charge in [0.1, 0.15) is 30.6 Å². The Balaban J connectivity index is 1.46. The first-order chi connectivity index (χ1) is 12.7. The van der Waals surface area contributed by atoms with Crippen LogP contribution < -0.4 is 9.64 Å². The van der Waals surface area contributed by atoms with Gasteiger partial charge in [-0.05, 0) is 36.4 Å². The monoisotopic (exact) mass is 368 g/mol. The number of pyridine rings is 1. The second-order valence-electron chi connectivity index (χ2n) is 6.06. The topological polar surface area (TPSA) is 51.7 Å². The van der Waals surface area contributed by atoms with Crippen molar-refractivity contribution >= 4 is 34.1 Å². The summed E-state index contributed by atoms with van der Waals surface area (Å²) in [6.07, 6.45) is 1.52. The van der Waals surface area contributed by atoms with Crippen LogP contribution in [0.3, 0.4) is 0 Å². The van der Waals surface area contributed by atoms with E-state index in [1.165, 1.54) is 0 Å². The lowest BCUT2D eigenvalue weighted by Crippen LogP contribution is -2.48. The molecule has 2 aromatic carbocycles. The second-order valence-corrected chi connectivity index (χ2v) is 6.49. The number of nitrogens with zero attached hydrogens (tertiary/aromatic N) is 2. The Kier molecular flexibility index (Phi) is 4.73. The van der Waals surface area contributed by atoms with Crippen molar-refractivity contribution in [2.45, 2.75) is 6.10 Å². The van der Waals surface area contributed by atoms with E-state index in [1.807, 2.05) is 42.5 Å². The number of para-hydroxylation sites is 1. The van der Waals surface area contributed by atoms with Gasteiger partial charge in [-0.15, -0.1) is 0 Å². The van der Waals surface area contributed by atoms with Crippen LogP contribution >= 0.6 is 11.6 Å². The Morgan fingerprint density at radius 1 is 1.15 bits per heavy atom. The zero-order valence-electron chi connectivity index (χ0n) is 14.0. The first kappa shape index (κ1) is 16.8. The van der Waals surface area contributed by atoms with Crippen molar-refractivity contribution in [3.63, 3.8) is 0 Å². The quantitative estimate of drug-likeness (QED) is 0.704. The van der Waals surface area contributed by atoms with E-state index in [0.717, 1.165) is 16.6 Å².